The minimum atomic E-state index is -0.345. The number of amidine groups is 1. The Morgan fingerprint density at radius 1 is 1.35 bits per heavy atom. The summed E-state index contributed by atoms with van der Waals surface area (Å²) in [7, 11) is 0. The minimum absolute atomic E-state index is 0.108. The molecule has 1 rings (SSSR count). The fourth-order valence-corrected chi connectivity index (χ4v) is 1.93. The third kappa shape index (κ3) is 4.74. The number of aliphatic hydroxyl groups is 1. The fourth-order valence-electron chi connectivity index (χ4n) is 1.93. The Morgan fingerprint density at radius 2 is 2.05 bits per heavy atom. The molecular weight excluding hydrogens is 256 g/mol. The smallest absolute Gasteiger partial charge is 0.144 e. The molecule has 0 spiro atoms. The Labute approximate surface area is 120 Å². The van der Waals surface area contributed by atoms with Gasteiger partial charge in [0, 0.05) is 12.0 Å². The summed E-state index contributed by atoms with van der Waals surface area (Å²) >= 11 is 0. The van der Waals surface area contributed by atoms with Gasteiger partial charge < -0.3 is 20.8 Å². The summed E-state index contributed by atoms with van der Waals surface area (Å²) in [6.07, 6.45) is 2.16. The van der Waals surface area contributed by atoms with E-state index in [2.05, 4.69) is 5.16 Å². The highest BCUT2D eigenvalue weighted by molar-refractivity contribution is 5.85. The van der Waals surface area contributed by atoms with E-state index in [1.54, 1.807) is 0 Å². The number of para-hydroxylation sites is 1. The van der Waals surface area contributed by atoms with Crippen LogP contribution in [0.15, 0.2) is 29.4 Å². The van der Waals surface area contributed by atoms with Gasteiger partial charge in [-0.2, -0.15) is 0 Å². The third-order valence-corrected chi connectivity index (χ3v) is 3.36. The Balaban J connectivity index is 2.45. The van der Waals surface area contributed by atoms with Crippen molar-refractivity contribution in [3.8, 4) is 5.75 Å². The molecule has 0 bridgehead atoms. The molecule has 0 amide bonds. The topological polar surface area (TPSA) is 88.1 Å². The van der Waals surface area contributed by atoms with Crippen molar-refractivity contribution in [3.05, 3.63) is 29.8 Å². The fraction of sp³-hybridized carbons (Fsp3) is 0.533. The van der Waals surface area contributed by atoms with E-state index in [4.69, 9.17) is 20.8 Å². The Hall–Kier alpha value is -1.75. The predicted octanol–water partition coefficient (Wildman–Crippen LogP) is 2.15. The second-order valence-electron chi connectivity index (χ2n) is 5.40. The maximum atomic E-state index is 9.00. The highest BCUT2D eigenvalue weighted by Crippen LogP contribution is 2.23. The first-order valence-electron chi connectivity index (χ1n) is 6.81. The van der Waals surface area contributed by atoms with Crippen LogP contribution in [-0.4, -0.2) is 29.4 Å². The molecular formula is C15H24N2O3. The second-order valence-corrected chi connectivity index (χ2v) is 5.40. The number of hydrogen-bond donors (Lipinski definition) is 3. The molecule has 0 radical (unpaired) electrons. The van der Waals surface area contributed by atoms with Gasteiger partial charge in [0.25, 0.3) is 0 Å². The zero-order chi connectivity index (χ0) is 15.0. The van der Waals surface area contributed by atoms with E-state index in [-0.39, 0.29) is 17.9 Å². The number of hydrogen-bond acceptors (Lipinski definition) is 4. The van der Waals surface area contributed by atoms with Crippen LogP contribution in [-0.2, 0) is 6.42 Å². The number of nitrogens with two attached hydrogens (primary N) is 1. The van der Waals surface area contributed by atoms with Gasteiger partial charge in [-0.05, 0) is 30.9 Å². The van der Waals surface area contributed by atoms with E-state index in [0.717, 1.165) is 24.2 Å². The van der Waals surface area contributed by atoms with Crippen LogP contribution in [0.4, 0.5) is 0 Å². The first kappa shape index (κ1) is 16.3. The van der Waals surface area contributed by atoms with E-state index in [1.165, 1.54) is 0 Å². The van der Waals surface area contributed by atoms with Crippen molar-refractivity contribution in [2.45, 2.75) is 33.1 Å². The van der Waals surface area contributed by atoms with Crippen molar-refractivity contribution in [1.82, 2.24) is 0 Å². The van der Waals surface area contributed by atoms with Crippen molar-refractivity contribution < 1.29 is 15.1 Å². The van der Waals surface area contributed by atoms with E-state index in [0.29, 0.717) is 13.0 Å². The summed E-state index contributed by atoms with van der Waals surface area (Å²) in [6, 6.07) is 7.70. The molecule has 0 aliphatic carbocycles. The Morgan fingerprint density at radius 3 is 2.70 bits per heavy atom. The van der Waals surface area contributed by atoms with Crippen LogP contribution in [0.25, 0.3) is 0 Å². The number of aliphatic hydroxyl groups excluding tert-OH is 1. The van der Waals surface area contributed by atoms with Gasteiger partial charge in [0.2, 0.25) is 0 Å². The van der Waals surface area contributed by atoms with Gasteiger partial charge in [-0.1, -0.05) is 37.2 Å². The largest absolute Gasteiger partial charge is 0.493 e. The summed E-state index contributed by atoms with van der Waals surface area (Å²) in [6.45, 7) is 4.53. The summed E-state index contributed by atoms with van der Waals surface area (Å²) in [5.74, 6) is 1.04. The average Bonchev–Trinajstić information content (AvgIpc) is 2.44. The minimum Gasteiger partial charge on any atom is -0.493 e. The standard InChI is InChI=1S/C15H24N2O3/c1-15(2,14(16)17-19)9-5-11-20-13-7-4-3-6-12(13)8-10-18/h3-4,6-7,18-19H,5,8-11H2,1-2H3,(H2,16,17). The van der Waals surface area contributed by atoms with Crippen LogP contribution in [0.3, 0.4) is 0 Å². The van der Waals surface area contributed by atoms with E-state index in [9.17, 15) is 0 Å². The van der Waals surface area contributed by atoms with Crippen molar-refractivity contribution in [3.63, 3.8) is 0 Å². The molecule has 5 nitrogen and oxygen atoms in total. The number of benzene rings is 1. The van der Waals surface area contributed by atoms with Crippen LogP contribution < -0.4 is 10.5 Å². The first-order chi connectivity index (χ1) is 9.51. The Kier molecular flexibility index (Phi) is 6.31. The van der Waals surface area contributed by atoms with Gasteiger partial charge in [0.05, 0.1) is 6.61 Å². The number of oxime groups is 1. The first-order valence-corrected chi connectivity index (χ1v) is 6.81. The lowest BCUT2D eigenvalue weighted by molar-refractivity contribution is 0.270. The van der Waals surface area contributed by atoms with Gasteiger partial charge in [-0.3, -0.25) is 0 Å². The molecule has 4 N–H and O–H groups in total. The summed E-state index contributed by atoms with van der Waals surface area (Å²) < 4.78 is 5.74. The molecule has 1 aromatic rings. The average molecular weight is 280 g/mol. The van der Waals surface area contributed by atoms with Gasteiger partial charge in [0.15, 0.2) is 0 Å². The molecule has 0 heterocycles. The molecule has 5 heteroatoms. The van der Waals surface area contributed by atoms with Crippen molar-refractivity contribution in [2.75, 3.05) is 13.2 Å². The zero-order valence-electron chi connectivity index (χ0n) is 12.2. The highest BCUT2D eigenvalue weighted by atomic mass is 16.5. The van der Waals surface area contributed by atoms with Gasteiger partial charge in [-0.25, -0.2) is 0 Å². The van der Waals surface area contributed by atoms with Gasteiger partial charge in [0.1, 0.15) is 11.6 Å². The molecule has 0 unspecified atom stereocenters. The van der Waals surface area contributed by atoms with Crippen molar-refractivity contribution in [1.29, 1.82) is 0 Å². The third-order valence-electron chi connectivity index (χ3n) is 3.36. The summed E-state index contributed by atoms with van der Waals surface area (Å²) in [4.78, 5) is 0. The van der Waals surface area contributed by atoms with E-state index in [1.807, 2.05) is 38.1 Å². The number of ether oxygens (including phenoxy) is 1. The lowest BCUT2D eigenvalue weighted by Crippen LogP contribution is -2.32. The SMILES string of the molecule is CC(C)(CCCOc1ccccc1CCO)/C(N)=N/O. The van der Waals surface area contributed by atoms with Crippen LogP contribution in [0.1, 0.15) is 32.3 Å². The molecule has 0 fully saturated rings. The van der Waals surface area contributed by atoms with Crippen molar-refractivity contribution in [2.24, 2.45) is 16.3 Å². The molecule has 0 saturated heterocycles. The normalized spacial score (nSPS) is 12.4. The summed E-state index contributed by atoms with van der Waals surface area (Å²) in [5.41, 5.74) is 6.30. The van der Waals surface area contributed by atoms with Crippen LogP contribution in [0, 0.1) is 5.41 Å². The summed E-state index contributed by atoms with van der Waals surface area (Å²) in [5, 5.41) is 20.8. The zero-order valence-corrected chi connectivity index (χ0v) is 12.2. The maximum absolute atomic E-state index is 9.00. The lowest BCUT2D eigenvalue weighted by Gasteiger charge is -2.22. The predicted molar refractivity (Wildman–Crippen MR) is 79.2 cm³/mol. The quantitative estimate of drug-likeness (QED) is 0.224. The molecule has 0 aliphatic rings. The Bertz CT molecular complexity index is 444. The monoisotopic (exact) mass is 280 g/mol. The maximum Gasteiger partial charge on any atom is 0.144 e. The van der Waals surface area contributed by atoms with Crippen molar-refractivity contribution >= 4 is 5.84 Å². The molecule has 0 atom stereocenters. The van der Waals surface area contributed by atoms with E-state index < -0.39 is 0 Å². The number of rotatable bonds is 8. The molecule has 0 aliphatic heterocycles. The molecule has 0 saturated carbocycles. The molecule has 1 aromatic carbocycles. The lowest BCUT2D eigenvalue weighted by atomic mass is 9.87. The second kappa shape index (κ2) is 7.75. The highest BCUT2D eigenvalue weighted by Gasteiger charge is 2.22. The molecule has 0 aromatic heterocycles. The molecule has 112 valence electrons. The van der Waals surface area contributed by atoms with Crippen LogP contribution in [0.5, 0.6) is 5.75 Å². The van der Waals surface area contributed by atoms with Gasteiger partial charge >= 0.3 is 0 Å². The van der Waals surface area contributed by atoms with Crippen LogP contribution in [0.2, 0.25) is 0 Å². The van der Waals surface area contributed by atoms with E-state index >= 15 is 0 Å². The molecule has 20 heavy (non-hydrogen) atoms. The van der Waals surface area contributed by atoms with Crippen LogP contribution >= 0.6 is 0 Å². The number of nitrogens with zero attached hydrogens (tertiary/aromatic N) is 1. The van der Waals surface area contributed by atoms with Gasteiger partial charge in [-0.15, -0.1) is 0 Å².